The van der Waals surface area contributed by atoms with Crippen molar-refractivity contribution >= 4 is 0 Å². The van der Waals surface area contributed by atoms with E-state index in [0.717, 1.165) is 5.92 Å². The molecule has 2 atom stereocenters. The van der Waals surface area contributed by atoms with E-state index in [1.54, 1.807) is 0 Å². The lowest BCUT2D eigenvalue weighted by atomic mass is 9.89. The Hall–Kier alpha value is -0.860. The van der Waals surface area contributed by atoms with Gasteiger partial charge in [0.05, 0.1) is 0 Å². The lowest BCUT2D eigenvalue weighted by Gasteiger charge is -2.31. The van der Waals surface area contributed by atoms with Crippen LogP contribution >= 0.6 is 0 Å². The molecule has 2 heteroatoms. The molecule has 100 valence electrons. The monoisotopic (exact) mass is 246 g/mol. The Labute approximate surface area is 111 Å². The molecule has 1 N–H and O–H groups in total. The molecule has 0 aromatic heterocycles. The van der Waals surface area contributed by atoms with Crippen molar-refractivity contribution in [1.29, 1.82) is 0 Å². The van der Waals surface area contributed by atoms with E-state index in [0.29, 0.717) is 6.04 Å². The lowest BCUT2D eigenvalue weighted by molar-refractivity contribution is 0.225. The van der Waals surface area contributed by atoms with Crippen LogP contribution in [0.2, 0.25) is 0 Å². The van der Waals surface area contributed by atoms with E-state index < -0.39 is 0 Å². The minimum absolute atomic E-state index is 0.551. The third-order valence-corrected chi connectivity index (χ3v) is 4.04. The molecule has 0 bridgehead atoms. The van der Waals surface area contributed by atoms with Crippen LogP contribution in [0.25, 0.3) is 0 Å². The van der Waals surface area contributed by atoms with Crippen LogP contribution in [-0.4, -0.2) is 32.1 Å². The molecule has 1 fully saturated rings. The first-order valence-corrected chi connectivity index (χ1v) is 7.10. The number of aryl methyl sites for hydroxylation is 1. The maximum absolute atomic E-state index is 3.52. The Bertz CT molecular complexity index is 350. The molecule has 1 aliphatic rings. The Balaban J connectivity index is 2.05. The van der Waals surface area contributed by atoms with Crippen LogP contribution in [0.3, 0.4) is 0 Å². The van der Waals surface area contributed by atoms with Gasteiger partial charge in [0.15, 0.2) is 0 Å². The second-order valence-electron chi connectivity index (χ2n) is 5.84. The average Bonchev–Trinajstić information content (AvgIpc) is 2.38. The van der Waals surface area contributed by atoms with Gasteiger partial charge in [-0.1, -0.05) is 29.8 Å². The maximum atomic E-state index is 3.52. The van der Waals surface area contributed by atoms with Crippen LogP contribution in [0.15, 0.2) is 24.3 Å². The lowest BCUT2D eigenvalue weighted by Crippen LogP contribution is -2.33. The number of nitrogens with zero attached hydrogens (tertiary/aromatic N) is 1. The van der Waals surface area contributed by atoms with Gasteiger partial charge in [0.25, 0.3) is 0 Å². The first kappa shape index (κ1) is 13.6. The smallest absolute Gasteiger partial charge is 0.0345 e. The highest BCUT2D eigenvalue weighted by Crippen LogP contribution is 2.28. The van der Waals surface area contributed by atoms with E-state index in [2.05, 4.69) is 55.5 Å². The molecule has 1 saturated heterocycles. The molecular weight excluding hydrogens is 220 g/mol. The zero-order valence-electron chi connectivity index (χ0n) is 11.9. The van der Waals surface area contributed by atoms with E-state index in [4.69, 9.17) is 0 Å². The predicted octanol–water partition coefficient (Wildman–Crippen LogP) is 2.99. The topological polar surface area (TPSA) is 15.3 Å². The molecule has 1 aromatic carbocycles. The van der Waals surface area contributed by atoms with Crippen molar-refractivity contribution in [2.45, 2.75) is 32.2 Å². The summed E-state index contributed by atoms with van der Waals surface area (Å²) in [4.78, 5) is 2.36. The van der Waals surface area contributed by atoms with Crippen LogP contribution < -0.4 is 5.32 Å². The van der Waals surface area contributed by atoms with E-state index in [9.17, 15) is 0 Å². The Kier molecular flexibility index (Phi) is 4.79. The zero-order valence-corrected chi connectivity index (χ0v) is 11.9. The van der Waals surface area contributed by atoms with Crippen LogP contribution in [0, 0.1) is 12.8 Å². The van der Waals surface area contributed by atoms with Crippen LogP contribution in [-0.2, 0) is 0 Å². The molecule has 1 aliphatic heterocycles. The molecule has 0 amide bonds. The Morgan fingerprint density at radius 3 is 2.56 bits per heavy atom. The number of benzene rings is 1. The summed E-state index contributed by atoms with van der Waals surface area (Å²) in [5.41, 5.74) is 2.80. The second-order valence-corrected chi connectivity index (χ2v) is 5.84. The van der Waals surface area contributed by atoms with Crippen molar-refractivity contribution in [3.05, 3.63) is 35.4 Å². The van der Waals surface area contributed by atoms with Gasteiger partial charge in [-0.15, -0.1) is 0 Å². The zero-order chi connectivity index (χ0) is 13.0. The largest absolute Gasteiger partial charge is 0.316 e. The molecule has 2 unspecified atom stereocenters. The summed E-state index contributed by atoms with van der Waals surface area (Å²) in [5.74, 6) is 0.826. The second kappa shape index (κ2) is 6.35. The van der Waals surface area contributed by atoms with Crippen molar-refractivity contribution in [1.82, 2.24) is 10.2 Å². The summed E-state index contributed by atoms with van der Waals surface area (Å²) >= 11 is 0. The van der Waals surface area contributed by atoms with Crippen molar-refractivity contribution in [3.8, 4) is 0 Å². The van der Waals surface area contributed by atoms with Crippen molar-refractivity contribution in [3.63, 3.8) is 0 Å². The first-order valence-electron chi connectivity index (χ1n) is 7.10. The predicted molar refractivity (Wildman–Crippen MR) is 77.8 cm³/mol. The third-order valence-electron chi connectivity index (χ3n) is 4.04. The Morgan fingerprint density at radius 1 is 1.28 bits per heavy atom. The number of piperidine rings is 1. The third kappa shape index (κ3) is 3.56. The van der Waals surface area contributed by atoms with Gasteiger partial charge in [0.2, 0.25) is 0 Å². The number of hydrogen-bond donors (Lipinski definition) is 1. The number of rotatable bonds is 4. The van der Waals surface area contributed by atoms with E-state index in [1.165, 1.54) is 43.5 Å². The molecule has 0 aliphatic carbocycles. The number of hydrogen-bond acceptors (Lipinski definition) is 2. The summed E-state index contributed by atoms with van der Waals surface area (Å²) in [6.07, 6.45) is 3.98. The summed E-state index contributed by atoms with van der Waals surface area (Å²) in [5, 5.41) is 3.52. The quantitative estimate of drug-likeness (QED) is 0.878. The van der Waals surface area contributed by atoms with Gasteiger partial charge in [0, 0.05) is 6.04 Å². The van der Waals surface area contributed by atoms with Crippen LogP contribution in [0.4, 0.5) is 0 Å². The highest BCUT2D eigenvalue weighted by atomic mass is 15.1. The van der Waals surface area contributed by atoms with E-state index in [1.807, 2.05) is 0 Å². The SMILES string of the molecule is Cc1ccc(C(CC2CCCNC2)N(C)C)cc1. The molecule has 1 heterocycles. The van der Waals surface area contributed by atoms with Crippen LogP contribution in [0.1, 0.15) is 36.4 Å². The summed E-state index contributed by atoms with van der Waals surface area (Å²) < 4.78 is 0. The van der Waals surface area contributed by atoms with Gasteiger partial charge in [-0.05, 0) is 64.9 Å². The van der Waals surface area contributed by atoms with Crippen LogP contribution in [0.5, 0.6) is 0 Å². The highest BCUT2D eigenvalue weighted by molar-refractivity contribution is 5.24. The van der Waals surface area contributed by atoms with E-state index in [-0.39, 0.29) is 0 Å². The molecule has 18 heavy (non-hydrogen) atoms. The van der Waals surface area contributed by atoms with Gasteiger partial charge >= 0.3 is 0 Å². The minimum Gasteiger partial charge on any atom is -0.316 e. The minimum atomic E-state index is 0.551. The molecule has 2 nitrogen and oxygen atoms in total. The van der Waals surface area contributed by atoms with Gasteiger partial charge in [0.1, 0.15) is 0 Å². The van der Waals surface area contributed by atoms with Gasteiger partial charge in [-0.3, -0.25) is 0 Å². The van der Waals surface area contributed by atoms with Gasteiger partial charge in [-0.25, -0.2) is 0 Å². The average molecular weight is 246 g/mol. The van der Waals surface area contributed by atoms with Gasteiger partial charge < -0.3 is 10.2 Å². The molecule has 1 aromatic rings. The first-order chi connectivity index (χ1) is 8.66. The van der Waals surface area contributed by atoms with Crippen molar-refractivity contribution in [2.24, 2.45) is 5.92 Å². The van der Waals surface area contributed by atoms with Gasteiger partial charge in [-0.2, -0.15) is 0 Å². The fourth-order valence-electron chi connectivity index (χ4n) is 2.87. The standard InChI is InChI=1S/C16H26N2/c1-13-6-8-15(9-7-13)16(18(2)3)11-14-5-4-10-17-12-14/h6-9,14,16-17H,4-5,10-12H2,1-3H3. The summed E-state index contributed by atoms with van der Waals surface area (Å²) in [6, 6.07) is 9.58. The van der Waals surface area contributed by atoms with Crippen molar-refractivity contribution < 1.29 is 0 Å². The summed E-state index contributed by atoms with van der Waals surface area (Å²) in [7, 11) is 4.39. The Morgan fingerprint density at radius 2 is 2.00 bits per heavy atom. The summed E-state index contributed by atoms with van der Waals surface area (Å²) in [6.45, 7) is 4.55. The molecule has 0 spiro atoms. The van der Waals surface area contributed by atoms with Crippen molar-refractivity contribution in [2.75, 3.05) is 27.2 Å². The normalized spacial score (nSPS) is 22.1. The van der Waals surface area contributed by atoms with E-state index >= 15 is 0 Å². The maximum Gasteiger partial charge on any atom is 0.0345 e. The number of nitrogens with one attached hydrogen (secondary N) is 1. The molecule has 0 radical (unpaired) electrons. The fourth-order valence-corrected chi connectivity index (χ4v) is 2.87. The molecular formula is C16H26N2. The highest BCUT2D eigenvalue weighted by Gasteiger charge is 2.21. The fraction of sp³-hybridized carbons (Fsp3) is 0.625. The molecule has 2 rings (SSSR count). The molecule has 0 saturated carbocycles.